The standard InChI is InChI=1S/C22H14O4/c23-21(24)19-13-7-3-1-5-11(13)15-9-18-16(10-17(15)19)12-6-2-4-8-14(12)20(18)22(25)26/h1-10,19-20H,(H,23,24)(H,25,26). The molecule has 0 radical (unpaired) electrons. The Hall–Kier alpha value is -3.40. The minimum Gasteiger partial charge on any atom is -0.481 e. The number of hydrogen-bond acceptors (Lipinski definition) is 2. The first kappa shape index (κ1) is 14.9. The Labute approximate surface area is 149 Å². The van der Waals surface area contributed by atoms with Crippen molar-refractivity contribution in [2.75, 3.05) is 0 Å². The van der Waals surface area contributed by atoms with Crippen LogP contribution in [0.25, 0.3) is 22.3 Å². The first-order valence-corrected chi connectivity index (χ1v) is 8.40. The zero-order valence-electron chi connectivity index (χ0n) is 13.6. The number of carbonyl (C=O) groups is 2. The van der Waals surface area contributed by atoms with Crippen LogP contribution in [0, 0.1) is 0 Å². The number of rotatable bonds is 2. The van der Waals surface area contributed by atoms with Gasteiger partial charge in [-0.25, -0.2) is 0 Å². The normalized spacial score (nSPS) is 18.6. The fourth-order valence-electron chi connectivity index (χ4n) is 4.43. The van der Waals surface area contributed by atoms with Gasteiger partial charge in [0.2, 0.25) is 0 Å². The molecule has 2 N–H and O–H groups in total. The van der Waals surface area contributed by atoms with Crippen LogP contribution in [0.5, 0.6) is 0 Å². The predicted octanol–water partition coefficient (Wildman–Crippen LogP) is 4.08. The van der Waals surface area contributed by atoms with Crippen LogP contribution in [0.1, 0.15) is 34.1 Å². The average molecular weight is 342 g/mol. The summed E-state index contributed by atoms with van der Waals surface area (Å²) < 4.78 is 0. The number of benzene rings is 3. The lowest BCUT2D eigenvalue weighted by molar-refractivity contribution is -0.138. The Bertz CT molecular complexity index is 1020. The van der Waals surface area contributed by atoms with Gasteiger partial charge in [0.1, 0.15) is 11.8 Å². The van der Waals surface area contributed by atoms with Gasteiger partial charge in [-0.3, -0.25) is 9.59 Å². The fourth-order valence-corrected chi connectivity index (χ4v) is 4.43. The average Bonchev–Trinajstić information content (AvgIpc) is 3.12. The quantitative estimate of drug-likeness (QED) is 0.736. The largest absolute Gasteiger partial charge is 0.481 e. The molecule has 0 amide bonds. The van der Waals surface area contributed by atoms with Crippen molar-refractivity contribution in [3.05, 3.63) is 82.9 Å². The van der Waals surface area contributed by atoms with Crippen molar-refractivity contribution >= 4 is 11.9 Å². The molecule has 26 heavy (non-hydrogen) atoms. The van der Waals surface area contributed by atoms with E-state index in [1.165, 1.54) is 0 Å². The van der Waals surface area contributed by atoms with Crippen LogP contribution in [0.3, 0.4) is 0 Å². The lowest BCUT2D eigenvalue weighted by atomic mass is 9.91. The molecule has 2 unspecified atom stereocenters. The van der Waals surface area contributed by atoms with Gasteiger partial charge in [-0.2, -0.15) is 0 Å². The molecule has 0 heterocycles. The summed E-state index contributed by atoms with van der Waals surface area (Å²) in [7, 11) is 0. The van der Waals surface area contributed by atoms with Gasteiger partial charge < -0.3 is 10.2 Å². The van der Waals surface area contributed by atoms with Gasteiger partial charge in [0.15, 0.2) is 0 Å². The topological polar surface area (TPSA) is 74.6 Å². The van der Waals surface area contributed by atoms with E-state index in [-0.39, 0.29) is 0 Å². The highest BCUT2D eigenvalue weighted by Crippen LogP contribution is 2.52. The summed E-state index contributed by atoms with van der Waals surface area (Å²) in [5.41, 5.74) is 6.39. The number of hydrogen-bond donors (Lipinski definition) is 2. The first-order valence-electron chi connectivity index (χ1n) is 8.40. The highest BCUT2D eigenvalue weighted by atomic mass is 16.4. The molecular weight excluding hydrogens is 328 g/mol. The van der Waals surface area contributed by atoms with E-state index >= 15 is 0 Å². The molecule has 0 spiro atoms. The molecule has 2 atom stereocenters. The van der Waals surface area contributed by atoms with Crippen molar-refractivity contribution in [2.45, 2.75) is 11.8 Å². The van der Waals surface area contributed by atoms with Crippen molar-refractivity contribution in [3.8, 4) is 22.3 Å². The zero-order valence-corrected chi connectivity index (χ0v) is 13.6. The van der Waals surface area contributed by atoms with Crippen molar-refractivity contribution in [3.63, 3.8) is 0 Å². The molecule has 2 aliphatic carbocycles. The van der Waals surface area contributed by atoms with Gasteiger partial charge in [-0.15, -0.1) is 0 Å². The van der Waals surface area contributed by atoms with E-state index in [1.807, 2.05) is 60.7 Å². The summed E-state index contributed by atoms with van der Waals surface area (Å²) in [6.07, 6.45) is 0. The van der Waals surface area contributed by atoms with E-state index in [9.17, 15) is 19.8 Å². The summed E-state index contributed by atoms with van der Waals surface area (Å²) in [4.78, 5) is 23.9. The van der Waals surface area contributed by atoms with E-state index in [0.29, 0.717) is 0 Å². The Kier molecular flexibility index (Phi) is 2.89. The summed E-state index contributed by atoms with van der Waals surface area (Å²) in [6, 6.07) is 18.7. The van der Waals surface area contributed by atoms with Crippen molar-refractivity contribution in [1.29, 1.82) is 0 Å². The Morgan fingerprint density at radius 2 is 0.962 bits per heavy atom. The molecule has 0 aliphatic heterocycles. The summed E-state index contributed by atoms with van der Waals surface area (Å²) >= 11 is 0. The smallest absolute Gasteiger partial charge is 0.315 e. The SMILES string of the molecule is O=C(O)C1c2ccccc2-c2cc3c(cc21)-c1ccccc1C3C(=O)O. The van der Waals surface area contributed by atoms with Gasteiger partial charge in [0.25, 0.3) is 0 Å². The van der Waals surface area contributed by atoms with E-state index in [1.54, 1.807) is 0 Å². The summed E-state index contributed by atoms with van der Waals surface area (Å²) in [5.74, 6) is -3.22. The molecule has 4 nitrogen and oxygen atoms in total. The van der Waals surface area contributed by atoms with Crippen LogP contribution in [0.2, 0.25) is 0 Å². The monoisotopic (exact) mass is 342 g/mol. The van der Waals surface area contributed by atoms with Crippen molar-refractivity contribution in [1.82, 2.24) is 0 Å². The highest BCUT2D eigenvalue weighted by molar-refractivity contribution is 5.98. The molecule has 3 aromatic carbocycles. The number of carboxylic acid groups (broad SMARTS) is 2. The molecule has 0 saturated carbocycles. The fraction of sp³-hybridized carbons (Fsp3) is 0.0909. The molecule has 0 fully saturated rings. The van der Waals surface area contributed by atoms with Gasteiger partial charge in [-0.05, 0) is 56.6 Å². The first-order chi connectivity index (χ1) is 12.6. The molecular formula is C22H14O4. The van der Waals surface area contributed by atoms with Gasteiger partial charge >= 0.3 is 11.9 Å². The molecule has 0 saturated heterocycles. The van der Waals surface area contributed by atoms with E-state index in [2.05, 4.69) is 0 Å². The molecule has 3 aromatic rings. The van der Waals surface area contributed by atoms with Gasteiger partial charge in [-0.1, -0.05) is 48.5 Å². The molecule has 5 rings (SSSR count). The maximum atomic E-state index is 12.0. The number of aliphatic carboxylic acids is 2. The minimum absolute atomic E-state index is 0.720. The van der Waals surface area contributed by atoms with Gasteiger partial charge in [0.05, 0.1) is 0 Å². The van der Waals surface area contributed by atoms with Crippen molar-refractivity contribution in [2.24, 2.45) is 0 Å². The Morgan fingerprint density at radius 1 is 0.577 bits per heavy atom. The summed E-state index contributed by atoms with van der Waals surface area (Å²) in [5, 5.41) is 19.6. The minimum atomic E-state index is -0.891. The van der Waals surface area contributed by atoms with Gasteiger partial charge in [0, 0.05) is 0 Å². The molecule has 126 valence electrons. The predicted molar refractivity (Wildman–Crippen MR) is 96.3 cm³/mol. The van der Waals surface area contributed by atoms with E-state index in [0.717, 1.165) is 44.5 Å². The van der Waals surface area contributed by atoms with Crippen LogP contribution in [-0.4, -0.2) is 22.2 Å². The second kappa shape index (κ2) is 5.05. The van der Waals surface area contributed by atoms with Crippen LogP contribution in [-0.2, 0) is 9.59 Å². The summed E-state index contributed by atoms with van der Waals surface area (Å²) in [6.45, 7) is 0. The molecule has 0 aromatic heterocycles. The zero-order chi connectivity index (χ0) is 18.0. The second-order valence-electron chi connectivity index (χ2n) is 6.74. The van der Waals surface area contributed by atoms with Crippen LogP contribution >= 0.6 is 0 Å². The maximum absolute atomic E-state index is 12.0. The van der Waals surface area contributed by atoms with Crippen LogP contribution in [0.15, 0.2) is 60.7 Å². The molecule has 0 bridgehead atoms. The third-order valence-corrected chi connectivity index (χ3v) is 5.46. The Balaban J connectivity index is 1.84. The van der Waals surface area contributed by atoms with Crippen molar-refractivity contribution < 1.29 is 19.8 Å². The maximum Gasteiger partial charge on any atom is 0.315 e. The number of carboxylic acids is 2. The van der Waals surface area contributed by atoms with Crippen LogP contribution < -0.4 is 0 Å². The third kappa shape index (κ3) is 1.78. The highest BCUT2D eigenvalue weighted by Gasteiger charge is 2.39. The third-order valence-electron chi connectivity index (χ3n) is 5.46. The molecule has 4 heteroatoms. The van der Waals surface area contributed by atoms with Crippen LogP contribution in [0.4, 0.5) is 0 Å². The molecule has 2 aliphatic rings. The second-order valence-corrected chi connectivity index (χ2v) is 6.74. The number of fused-ring (bicyclic) bond motifs is 6. The lowest BCUT2D eigenvalue weighted by Crippen LogP contribution is -2.11. The van der Waals surface area contributed by atoms with E-state index < -0.39 is 23.8 Å². The lowest BCUT2D eigenvalue weighted by Gasteiger charge is -2.12. The van der Waals surface area contributed by atoms with E-state index in [4.69, 9.17) is 0 Å². The Morgan fingerprint density at radius 3 is 1.35 bits per heavy atom.